The molecule has 0 spiro atoms. The normalized spacial score (nSPS) is 10.9. The fraction of sp³-hybridized carbons (Fsp3) is 0.200. The van der Waals surface area contributed by atoms with Gasteiger partial charge in [0.1, 0.15) is 4.90 Å². The van der Waals surface area contributed by atoms with E-state index in [4.69, 9.17) is 16.7 Å². The van der Waals surface area contributed by atoms with Gasteiger partial charge in [0.2, 0.25) is 10.0 Å². The number of rotatable bonds is 3. The van der Waals surface area contributed by atoms with E-state index in [1.54, 1.807) is 0 Å². The van der Waals surface area contributed by atoms with Crippen molar-refractivity contribution >= 4 is 33.7 Å². The summed E-state index contributed by atoms with van der Waals surface area (Å²) in [5.41, 5.74) is -0.193. The molecule has 2 N–H and O–H groups in total. The van der Waals surface area contributed by atoms with Crippen LogP contribution in [0.1, 0.15) is 17.3 Å². The number of benzene rings is 1. The predicted octanol–water partition coefficient (Wildman–Crippen LogP) is 1.30. The number of esters is 1. The van der Waals surface area contributed by atoms with Gasteiger partial charge in [0, 0.05) is 0 Å². The number of carbonyl (C=O) groups is 2. The van der Waals surface area contributed by atoms with Crippen molar-refractivity contribution in [3.05, 3.63) is 28.8 Å². The van der Waals surface area contributed by atoms with Gasteiger partial charge in [-0.3, -0.25) is 0 Å². The molecule has 0 radical (unpaired) electrons. The smallest absolute Gasteiger partial charge is 0.434 e. The lowest BCUT2D eigenvalue weighted by Gasteiger charge is -2.05. The third-order valence-electron chi connectivity index (χ3n) is 1.91. The standard InChI is InChI=1S/C10H10ClNO6S/c1-2-17-10(14)18-9(13)6-3-4-7(11)8(5-6)19(12,15)16/h3-5H,2H2,1H3,(H2,12,15,16). The molecular formula is C10H10ClNO6S. The summed E-state index contributed by atoms with van der Waals surface area (Å²) in [4.78, 5) is 22.0. The van der Waals surface area contributed by atoms with E-state index >= 15 is 0 Å². The molecule has 0 unspecified atom stereocenters. The number of sulfonamides is 1. The van der Waals surface area contributed by atoms with Crippen LogP contribution in [0.5, 0.6) is 0 Å². The summed E-state index contributed by atoms with van der Waals surface area (Å²) >= 11 is 5.64. The van der Waals surface area contributed by atoms with E-state index in [2.05, 4.69) is 9.47 Å². The average Bonchev–Trinajstić information content (AvgIpc) is 2.27. The molecule has 0 amide bonds. The lowest BCUT2D eigenvalue weighted by atomic mass is 10.2. The molecule has 0 fully saturated rings. The summed E-state index contributed by atoms with van der Waals surface area (Å²) in [6, 6.07) is 3.26. The summed E-state index contributed by atoms with van der Waals surface area (Å²) in [7, 11) is -4.08. The number of halogens is 1. The van der Waals surface area contributed by atoms with Crippen molar-refractivity contribution < 1.29 is 27.5 Å². The Balaban J connectivity index is 3.03. The lowest BCUT2D eigenvalue weighted by Crippen LogP contribution is -2.16. The zero-order valence-corrected chi connectivity index (χ0v) is 11.3. The Hall–Kier alpha value is -1.64. The molecule has 0 heterocycles. The largest absolute Gasteiger partial charge is 0.516 e. The Morgan fingerprint density at radius 1 is 1.37 bits per heavy atom. The first-order chi connectivity index (χ1) is 8.75. The van der Waals surface area contributed by atoms with Crippen LogP contribution in [0.25, 0.3) is 0 Å². The molecule has 0 saturated heterocycles. The highest BCUT2D eigenvalue weighted by atomic mass is 35.5. The van der Waals surface area contributed by atoms with Crippen LogP contribution in [0.2, 0.25) is 5.02 Å². The minimum absolute atomic E-state index is 0.0369. The van der Waals surface area contributed by atoms with Crippen molar-refractivity contribution in [1.82, 2.24) is 0 Å². The van der Waals surface area contributed by atoms with Crippen LogP contribution < -0.4 is 5.14 Å². The number of nitrogens with two attached hydrogens (primary N) is 1. The maximum atomic E-state index is 11.5. The Morgan fingerprint density at radius 2 is 2.00 bits per heavy atom. The highest BCUT2D eigenvalue weighted by molar-refractivity contribution is 7.89. The minimum atomic E-state index is -4.08. The van der Waals surface area contributed by atoms with E-state index in [-0.39, 0.29) is 17.2 Å². The fourth-order valence-electron chi connectivity index (χ4n) is 1.13. The molecule has 0 saturated carbocycles. The van der Waals surface area contributed by atoms with Crippen molar-refractivity contribution in [2.24, 2.45) is 5.14 Å². The SMILES string of the molecule is CCOC(=O)OC(=O)c1ccc(Cl)c(S(N)(=O)=O)c1. The Kier molecular flexibility index (Phi) is 4.87. The molecule has 104 valence electrons. The van der Waals surface area contributed by atoms with E-state index in [1.807, 2.05) is 0 Å². The van der Waals surface area contributed by atoms with Gasteiger partial charge in [-0.05, 0) is 25.1 Å². The Labute approximate surface area is 114 Å². The topological polar surface area (TPSA) is 113 Å². The van der Waals surface area contributed by atoms with Gasteiger partial charge in [-0.15, -0.1) is 0 Å². The minimum Gasteiger partial charge on any atom is -0.434 e. The predicted molar refractivity (Wildman–Crippen MR) is 65.3 cm³/mol. The maximum Gasteiger partial charge on any atom is 0.516 e. The molecule has 0 bridgehead atoms. The second-order valence-corrected chi connectivity index (χ2v) is 5.20. The Morgan fingerprint density at radius 3 is 2.53 bits per heavy atom. The zero-order chi connectivity index (χ0) is 14.6. The first kappa shape index (κ1) is 15.4. The van der Waals surface area contributed by atoms with Gasteiger partial charge < -0.3 is 9.47 Å². The van der Waals surface area contributed by atoms with Crippen LogP contribution in [0.15, 0.2) is 23.1 Å². The van der Waals surface area contributed by atoms with Gasteiger partial charge in [0.15, 0.2) is 0 Å². The summed E-state index contributed by atoms with van der Waals surface area (Å²) in [6.07, 6.45) is -1.18. The number of hydrogen-bond acceptors (Lipinski definition) is 6. The van der Waals surface area contributed by atoms with E-state index in [1.165, 1.54) is 13.0 Å². The van der Waals surface area contributed by atoms with Gasteiger partial charge in [-0.25, -0.2) is 23.1 Å². The molecule has 0 aliphatic rings. The average molecular weight is 308 g/mol. The van der Waals surface area contributed by atoms with Crippen molar-refractivity contribution in [1.29, 1.82) is 0 Å². The first-order valence-electron chi connectivity index (χ1n) is 4.97. The van der Waals surface area contributed by atoms with Crippen LogP contribution in [0.3, 0.4) is 0 Å². The summed E-state index contributed by atoms with van der Waals surface area (Å²) in [6.45, 7) is 1.57. The molecule has 0 aromatic heterocycles. The number of hydrogen-bond donors (Lipinski definition) is 1. The third kappa shape index (κ3) is 4.19. The van der Waals surface area contributed by atoms with Crippen LogP contribution in [0, 0.1) is 0 Å². The second-order valence-electron chi connectivity index (χ2n) is 3.26. The van der Waals surface area contributed by atoms with Crippen molar-refractivity contribution in [2.45, 2.75) is 11.8 Å². The summed E-state index contributed by atoms with van der Waals surface area (Å²) < 4.78 is 31.1. The van der Waals surface area contributed by atoms with E-state index in [0.717, 1.165) is 12.1 Å². The number of ether oxygens (including phenoxy) is 2. The van der Waals surface area contributed by atoms with Crippen LogP contribution >= 0.6 is 11.6 Å². The monoisotopic (exact) mass is 307 g/mol. The third-order valence-corrected chi connectivity index (χ3v) is 3.30. The molecule has 0 aliphatic heterocycles. The van der Waals surface area contributed by atoms with E-state index in [0.29, 0.717) is 0 Å². The maximum absolute atomic E-state index is 11.5. The highest BCUT2D eigenvalue weighted by Gasteiger charge is 2.19. The molecule has 0 atom stereocenters. The van der Waals surface area contributed by atoms with E-state index < -0.39 is 27.0 Å². The molecule has 1 rings (SSSR count). The van der Waals surface area contributed by atoms with Crippen molar-refractivity contribution in [3.8, 4) is 0 Å². The fourth-order valence-corrected chi connectivity index (χ4v) is 2.20. The second kappa shape index (κ2) is 6.00. The van der Waals surface area contributed by atoms with Crippen LogP contribution in [-0.4, -0.2) is 27.1 Å². The molecular weight excluding hydrogens is 298 g/mol. The van der Waals surface area contributed by atoms with Gasteiger partial charge >= 0.3 is 12.1 Å². The number of carbonyl (C=O) groups excluding carboxylic acids is 2. The quantitative estimate of drug-likeness (QED) is 0.665. The van der Waals surface area contributed by atoms with Gasteiger partial charge in [-0.2, -0.15) is 0 Å². The summed E-state index contributed by atoms with van der Waals surface area (Å²) in [5.74, 6) is -1.07. The van der Waals surface area contributed by atoms with Gasteiger partial charge in [0.25, 0.3) is 0 Å². The van der Waals surface area contributed by atoms with Gasteiger partial charge in [-0.1, -0.05) is 11.6 Å². The van der Waals surface area contributed by atoms with E-state index in [9.17, 15) is 18.0 Å². The zero-order valence-electron chi connectivity index (χ0n) is 9.75. The first-order valence-corrected chi connectivity index (χ1v) is 6.89. The molecule has 19 heavy (non-hydrogen) atoms. The lowest BCUT2D eigenvalue weighted by molar-refractivity contribution is 0.0401. The van der Waals surface area contributed by atoms with Gasteiger partial charge in [0.05, 0.1) is 17.2 Å². The van der Waals surface area contributed by atoms with Crippen LogP contribution in [-0.2, 0) is 19.5 Å². The molecule has 1 aromatic carbocycles. The molecule has 9 heteroatoms. The van der Waals surface area contributed by atoms with Crippen molar-refractivity contribution in [3.63, 3.8) is 0 Å². The molecule has 7 nitrogen and oxygen atoms in total. The van der Waals surface area contributed by atoms with Crippen LogP contribution in [0.4, 0.5) is 4.79 Å². The number of primary sulfonamides is 1. The Bertz CT molecular complexity index is 612. The molecule has 0 aliphatic carbocycles. The highest BCUT2D eigenvalue weighted by Crippen LogP contribution is 2.21. The molecule has 1 aromatic rings. The summed E-state index contributed by atoms with van der Waals surface area (Å²) in [5, 5.41) is 4.78. The van der Waals surface area contributed by atoms with Crippen molar-refractivity contribution in [2.75, 3.05) is 6.61 Å².